The van der Waals surface area contributed by atoms with E-state index in [1.165, 1.54) is 24.3 Å². The number of ketones is 1. The summed E-state index contributed by atoms with van der Waals surface area (Å²) in [6.45, 7) is 0.834. The van der Waals surface area contributed by atoms with E-state index < -0.39 is 5.92 Å². The molecule has 0 N–H and O–H groups in total. The Morgan fingerprint density at radius 2 is 1.39 bits per heavy atom. The molecule has 0 aliphatic carbocycles. The van der Waals surface area contributed by atoms with Gasteiger partial charge in [0.1, 0.15) is 0 Å². The molecule has 0 spiro atoms. The molecule has 1 nitrogen and oxygen atoms in total. The van der Waals surface area contributed by atoms with Crippen LogP contribution in [0.1, 0.15) is 28.4 Å². The number of hydrogen-bond donors (Lipinski definition) is 0. The van der Waals surface area contributed by atoms with E-state index in [0.29, 0.717) is 11.1 Å². The largest absolute Gasteiger partial charge is 0.289 e. The third-order valence-electron chi connectivity index (χ3n) is 2.69. The van der Waals surface area contributed by atoms with E-state index in [0.717, 1.165) is 6.92 Å². The lowest BCUT2D eigenvalue weighted by molar-refractivity contribution is 0.0174. The van der Waals surface area contributed by atoms with E-state index in [-0.39, 0.29) is 11.3 Å². The van der Waals surface area contributed by atoms with Crippen molar-refractivity contribution in [2.24, 2.45) is 0 Å². The van der Waals surface area contributed by atoms with Crippen LogP contribution >= 0.6 is 0 Å². The molecule has 0 fully saturated rings. The van der Waals surface area contributed by atoms with E-state index in [1.807, 2.05) is 6.07 Å². The van der Waals surface area contributed by atoms with Crippen LogP contribution in [0.5, 0.6) is 0 Å². The van der Waals surface area contributed by atoms with Gasteiger partial charge in [0.2, 0.25) is 0 Å². The minimum Gasteiger partial charge on any atom is -0.289 e. The fourth-order valence-corrected chi connectivity index (χ4v) is 1.67. The van der Waals surface area contributed by atoms with Crippen LogP contribution in [-0.4, -0.2) is 5.78 Å². The maximum Gasteiger partial charge on any atom is 0.270 e. The second-order valence-electron chi connectivity index (χ2n) is 4.16. The first-order valence-corrected chi connectivity index (χ1v) is 5.56. The summed E-state index contributed by atoms with van der Waals surface area (Å²) in [6.07, 6.45) is 0. The van der Waals surface area contributed by atoms with Crippen LogP contribution in [0.2, 0.25) is 0 Å². The van der Waals surface area contributed by atoms with Gasteiger partial charge in [-0.1, -0.05) is 54.6 Å². The Bertz CT molecular complexity index is 539. The highest BCUT2D eigenvalue weighted by Crippen LogP contribution is 2.27. The number of benzene rings is 2. The first-order valence-electron chi connectivity index (χ1n) is 5.56. The van der Waals surface area contributed by atoms with Crippen molar-refractivity contribution in [1.29, 1.82) is 0 Å². The van der Waals surface area contributed by atoms with E-state index in [1.54, 1.807) is 24.3 Å². The van der Waals surface area contributed by atoms with Gasteiger partial charge < -0.3 is 0 Å². The average Bonchev–Trinajstić information content (AvgIpc) is 2.38. The maximum atomic E-state index is 13.0. The number of alkyl halides is 2. The average molecular weight is 246 g/mol. The minimum absolute atomic E-state index is 0.0906. The molecule has 0 saturated carbocycles. The van der Waals surface area contributed by atoms with Gasteiger partial charge >= 0.3 is 0 Å². The monoisotopic (exact) mass is 246 g/mol. The molecule has 0 bridgehead atoms. The Hall–Kier alpha value is -2.03. The van der Waals surface area contributed by atoms with Crippen molar-refractivity contribution in [3.05, 3.63) is 71.3 Å². The summed E-state index contributed by atoms with van der Waals surface area (Å²) in [5, 5.41) is 0. The van der Waals surface area contributed by atoms with E-state index in [4.69, 9.17) is 0 Å². The Kier molecular flexibility index (Phi) is 3.24. The summed E-state index contributed by atoms with van der Waals surface area (Å²) in [5.41, 5.74) is 0.870. The van der Waals surface area contributed by atoms with Crippen LogP contribution < -0.4 is 0 Å². The summed E-state index contributed by atoms with van der Waals surface area (Å²) in [7, 11) is 0. The topological polar surface area (TPSA) is 17.1 Å². The highest BCUT2D eigenvalue weighted by Gasteiger charge is 2.24. The number of hydrogen-bond acceptors (Lipinski definition) is 1. The van der Waals surface area contributed by atoms with Gasteiger partial charge in [-0.25, -0.2) is 8.78 Å². The number of carbonyl (C=O) groups excluding carboxylic acids is 1. The zero-order chi connectivity index (χ0) is 13.2. The Balaban J connectivity index is 2.28. The lowest BCUT2D eigenvalue weighted by atomic mass is 10.0. The van der Waals surface area contributed by atoms with Crippen LogP contribution in [0.4, 0.5) is 8.78 Å². The van der Waals surface area contributed by atoms with E-state index in [9.17, 15) is 13.6 Å². The molecule has 0 aliphatic rings. The van der Waals surface area contributed by atoms with Gasteiger partial charge in [-0.05, 0) is 0 Å². The Labute approximate surface area is 104 Å². The predicted octanol–water partition coefficient (Wildman–Crippen LogP) is 4.03. The molecule has 2 rings (SSSR count). The number of carbonyl (C=O) groups is 1. The lowest BCUT2D eigenvalue weighted by Gasteiger charge is -2.10. The fraction of sp³-hybridized carbons (Fsp3) is 0.133. The molecule has 3 heteroatoms. The van der Waals surface area contributed by atoms with Crippen LogP contribution in [0.3, 0.4) is 0 Å². The van der Waals surface area contributed by atoms with Gasteiger partial charge in [-0.2, -0.15) is 0 Å². The molecule has 0 saturated heterocycles. The molecule has 0 heterocycles. The molecule has 0 aliphatic heterocycles. The van der Waals surface area contributed by atoms with Crippen molar-refractivity contribution in [2.75, 3.05) is 0 Å². The fourth-order valence-electron chi connectivity index (χ4n) is 1.67. The molecule has 0 radical (unpaired) electrons. The summed E-state index contributed by atoms with van der Waals surface area (Å²) >= 11 is 0. The normalized spacial score (nSPS) is 11.3. The second-order valence-corrected chi connectivity index (χ2v) is 4.16. The van der Waals surface area contributed by atoms with Crippen molar-refractivity contribution >= 4 is 5.78 Å². The SMILES string of the molecule is CC(F)(F)c1ccc(C(=O)c2ccccc2)cc1. The third kappa shape index (κ3) is 2.62. The number of halogens is 2. The highest BCUT2D eigenvalue weighted by molar-refractivity contribution is 6.08. The van der Waals surface area contributed by atoms with Crippen LogP contribution in [-0.2, 0) is 5.92 Å². The van der Waals surface area contributed by atoms with Crippen molar-refractivity contribution < 1.29 is 13.6 Å². The van der Waals surface area contributed by atoms with Gasteiger partial charge in [0.05, 0.1) is 0 Å². The second kappa shape index (κ2) is 4.69. The molecular formula is C15H12F2O. The Morgan fingerprint density at radius 1 is 0.889 bits per heavy atom. The van der Waals surface area contributed by atoms with Crippen molar-refractivity contribution in [2.45, 2.75) is 12.8 Å². The predicted molar refractivity (Wildman–Crippen MR) is 65.9 cm³/mol. The summed E-state index contributed by atoms with van der Waals surface area (Å²) in [4.78, 5) is 12.0. The zero-order valence-corrected chi connectivity index (χ0v) is 9.86. The highest BCUT2D eigenvalue weighted by atomic mass is 19.3. The van der Waals surface area contributed by atoms with Crippen molar-refractivity contribution in [1.82, 2.24) is 0 Å². The van der Waals surface area contributed by atoms with Crippen LogP contribution in [0.25, 0.3) is 0 Å². The molecule has 92 valence electrons. The third-order valence-corrected chi connectivity index (χ3v) is 2.69. The molecule has 18 heavy (non-hydrogen) atoms. The molecule has 2 aromatic rings. The molecule has 0 atom stereocenters. The maximum absolute atomic E-state index is 13.0. The van der Waals surface area contributed by atoms with Gasteiger partial charge in [0, 0.05) is 23.6 Å². The Morgan fingerprint density at radius 3 is 1.89 bits per heavy atom. The first-order chi connectivity index (χ1) is 8.48. The first kappa shape index (κ1) is 12.4. The molecular weight excluding hydrogens is 234 g/mol. The van der Waals surface area contributed by atoms with Gasteiger partial charge in [0.25, 0.3) is 5.92 Å². The van der Waals surface area contributed by atoms with Gasteiger partial charge in [-0.15, -0.1) is 0 Å². The van der Waals surface area contributed by atoms with Gasteiger partial charge in [-0.3, -0.25) is 4.79 Å². The standard InChI is InChI=1S/C15H12F2O/c1-15(16,17)13-9-7-12(8-10-13)14(18)11-5-3-2-4-6-11/h2-10H,1H3. The van der Waals surface area contributed by atoms with Crippen LogP contribution in [0, 0.1) is 0 Å². The number of rotatable bonds is 3. The van der Waals surface area contributed by atoms with Crippen molar-refractivity contribution in [3.63, 3.8) is 0 Å². The lowest BCUT2D eigenvalue weighted by Crippen LogP contribution is -2.08. The molecule has 0 aromatic heterocycles. The van der Waals surface area contributed by atoms with E-state index >= 15 is 0 Å². The minimum atomic E-state index is -2.88. The molecule has 2 aromatic carbocycles. The smallest absolute Gasteiger partial charge is 0.270 e. The summed E-state index contributed by atoms with van der Waals surface area (Å²) in [5.74, 6) is -3.05. The summed E-state index contributed by atoms with van der Waals surface area (Å²) in [6, 6.07) is 14.2. The van der Waals surface area contributed by atoms with E-state index in [2.05, 4.69) is 0 Å². The zero-order valence-electron chi connectivity index (χ0n) is 9.86. The van der Waals surface area contributed by atoms with Gasteiger partial charge in [0.15, 0.2) is 5.78 Å². The summed E-state index contributed by atoms with van der Waals surface area (Å²) < 4.78 is 26.1. The molecule has 0 amide bonds. The molecule has 0 unspecified atom stereocenters. The van der Waals surface area contributed by atoms with Crippen molar-refractivity contribution in [3.8, 4) is 0 Å². The van der Waals surface area contributed by atoms with Crippen LogP contribution in [0.15, 0.2) is 54.6 Å². The quantitative estimate of drug-likeness (QED) is 0.747.